The Labute approximate surface area is 138 Å². The molecule has 0 radical (unpaired) electrons. The molecule has 0 saturated carbocycles. The summed E-state index contributed by atoms with van der Waals surface area (Å²) in [5.74, 6) is 1.65. The van der Waals surface area contributed by atoms with E-state index in [1.54, 1.807) is 11.3 Å². The average molecular weight is 324 g/mol. The summed E-state index contributed by atoms with van der Waals surface area (Å²) < 4.78 is 0. The van der Waals surface area contributed by atoms with Crippen molar-refractivity contribution in [1.29, 1.82) is 0 Å². The van der Waals surface area contributed by atoms with Gasteiger partial charge in [-0.25, -0.2) is 4.98 Å². The molecule has 1 atom stereocenters. The molecule has 2 rings (SSSR count). The highest BCUT2D eigenvalue weighted by Gasteiger charge is 2.21. The fourth-order valence-electron chi connectivity index (χ4n) is 2.89. The van der Waals surface area contributed by atoms with Crippen LogP contribution >= 0.6 is 11.3 Å². The van der Waals surface area contributed by atoms with Crippen molar-refractivity contribution in [2.45, 2.75) is 33.1 Å². The second-order valence-corrected chi connectivity index (χ2v) is 7.01. The summed E-state index contributed by atoms with van der Waals surface area (Å²) in [5, 5.41) is 10.1. The predicted octanol–water partition coefficient (Wildman–Crippen LogP) is 1.89. The molecule has 1 aromatic rings. The summed E-state index contributed by atoms with van der Waals surface area (Å²) in [6.45, 7) is 9.87. The minimum absolute atomic E-state index is 0.742. The monoisotopic (exact) mass is 323 g/mol. The van der Waals surface area contributed by atoms with Crippen molar-refractivity contribution in [2.24, 2.45) is 10.9 Å². The molecule has 0 amide bonds. The van der Waals surface area contributed by atoms with Crippen LogP contribution in [-0.4, -0.2) is 55.6 Å². The summed E-state index contributed by atoms with van der Waals surface area (Å²) in [6, 6.07) is 0. The van der Waals surface area contributed by atoms with Gasteiger partial charge >= 0.3 is 0 Å². The fourth-order valence-corrected chi connectivity index (χ4v) is 3.54. The van der Waals surface area contributed by atoms with Gasteiger partial charge in [-0.15, -0.1) is 11.3 Å². The Bertz CT molecular complexity index is 471. The van der Waals surface area contributed by atoms with Gasteiger partial charge in [0.25, 0.3) is 0 Å². The highest BCUT2D eigenvalue weighted by Crippen LogP contribution is 2.15. The largest absolute Gasteiger partial charge is 0.356 e. The molecule has 5 nitrogen and oxygen atoms in total. The van der Waals surface area contributed by atoms with Crippen LogP contribution in [0.15, 0.2) is 10.4 Å². The van der Waals surface area contributed by atoms with Crippen molar-refractivity contribution < 1.29 is 0 Å². The normalized spacial score (nSPS) is 19.6. The van der Waals surface area contributed by atoms with Crippen LogP contribution in [0.2, 0.25) is 0 Å². The highest BCUT2D eigenvalue weighted by molar-refractivity contribution is 7.09. The molecule has 1 aliphatic heterocycles. The van der Waals surface area contributed by atoms with E-state index in [1.165, 1.54) is 32.5 Å². The smallest absolute Gasteiger partial charge is 0.190 e. The van der Waals surface area contributed by atoms with Crippen molar-refractivity contribution in [2.75, 3.05) is 39.8 Å². The van der Waals surface area contributed by atoms with Crippen molar-refractivity contribution in [3.8, 4) is 0 Å². The van der Waals surface area contributed by atoms with Crippen molar-refractivity contribution >= 4 is 17.3 Å². The molecule has 6 heteroatoms. The molecule has 0 aromatic carbocycles. The average Bonchev–Trinajstić information content (AvgIpc) is 3.12. The number of guanidine groups is 1. The van der Waals surface area contributed by atoms with Gasteiger partial charge in [-0.05, 0) is 38.8 Å². The summed E-state index contributed by atoms with van der Waals surface area (Å²) in [7, 11) is 1.83. The number of hydrogen-bond donors (Lipinski definition) is 2. The van der Waals surface area contributed by atoms with Crippen LogP contribution in [-0.2, 0) is 6.42 Å². The summed E-state index contributed by atoms with van der Waals surface area (Å²) in [5.41, 5.74) is 1.16. The van der Waals surface area contributed by atoms with Crippen molar-refractivity contribution in [3.63, 3.8) is 0 Å². The van der Waals surface area contributed by atoms with E-state index in [2.05, 4.69) is 37.8 Å². The van der Waals surface area contributed by atoms with E-state index >= 15 is 0 Å². The van der Waals surface area contributed by atoms with E-state index in [9.17, 15) is 0 Å². The zero-order valence-electron chi connectivity index (χ0n) is 14.1. The second kappa shape index (κ2) is 9.10. The zero-order chi connectivity index (χ0) is 15.8. The number of likely N-dealkylation sites (tertiary alicyclic amines) is 1. The quantitative estimate of drug-likeness (QED) is 0.594. The maximum absolute atomic E-state index is 4.48. The molecule has 0 aliphatic carbocycles. The molecule has 1 fully saturated rings. The third-order valence-corrected chi connectivity index (χ3v) is 4.85. The third-order valence-electron chi connectivity index (χ3n) is 4.03. The van der Waals surface area contributed by atoms with Gasteiger partial charge in [0.15, 0.2) is 5.96 Å². The van der Waals surface area contributed by atoms with Gasteiger partial charge in [-0.3, -0.25) is 4.99 Å². The summed E-state index contributed by atoms with van der Waals surface area (Å²) >= 11 is 1.71. The van der Waals surface area contributed by atoms with Gasteiger partial charge in [0, 0.05) is 38.5 Å². The molecule has 0 spiro atoms. The maximum atomic E-state index is 4.48. The number of aromatic nitrogens is 1. The van der Waals surface area contributed by atoms with E-state index in [-0.39, 0.29) is 0 Å². The first-order valence-electron chi connectivity index (χ1n) is 8.29. The molecule has 0 bridgehead atoms. The lowest BCUT2D eigenvalue weighted by Gasteiger charge is -2.16. The number of nitrogens with one attached hydrogen (secondary N) is 2. The van der Waals surface area contributed by atoms with Crippen LogP contribution in [0.1, 0.15) is 30.5 Å². The first kappa shape index (κ1) is 17.2. The van der Waals surface area contributed by atoms with Crippen LogP contribution in [0.4, 0.5) is 0 Å². The lowest BCUT2D eigenvalue weighted by Crippen LogP contribution is -2.41. The maximum Gasteiger partial charge on any atom is 0.190 e. The number of hydrogen-bond acceptors (Lipinski definition) is 4. The Morgan fingerprint density at radius 1 is 1.50 bits per heavy atom. The molecule has 1 unspecified atom stereocenters. The van der Waals surface area contributed by atoms with Gasteiger partial charge in [-0.2, -0.15) is 0 Å². The van der Waals surface area contributed by atoms with Crippen LogP contribution in [0, 0.1) is 12.8 Å². The molecular formula is C16H29N5S. The van der Waals surface area contributed by atoms with Gasteiger partial charge in [0.2, 0.25) is 0 Å². The number of aliphatic imine (C=N–C) groups is 1. The van der Waals surface area contributed by atoms with Crippen molar-refractivity contribution in [3.05, 3.63) is 16.1 Å². The predicted molar refractivity (Wildman–Crippen MR) is 94.8 cm³/mol. The second-order valence-electron chi connectivity index (χ2n) is 5.94. The SMILES string of the molecule is CCCN1CCC(CNC(=NC)NCCc2csc(C)n2)C1. The van der Waals surface area contributed by atoms with Gasteiger partial charge in [0.1, 0.15) is 0 Å². The minimum atomic E-state index is 0.742. The zero-order valence-corrected chi connectivity index (χ0v) is 14.9. The molecule has 124 valence electrons. The molecule has 1 aliphatic rings. The van der Waals surface area contributed by atoms with Crippen LogP contribution in [0.5, 0.6) is 0 Å². The standard InChI is InChI=1S/C16H29N5S/c1-4-8-21-9-6-14(11-21)10-19-16(17-3)18-7-5-15-12-22-13(2)20-15/h12,14H,4-11H2,1-3H3,(H2,17,18,19). The Morgan fingerprint density at radius 3 is 3.05 bits per heavy atom. The number of rotatable bonds is 7. The van der Waals surface area contributed by atoms with E-state index in [1.807, 2.05) is 14.0 Å². The van der Waals surface area contributed by atoms with E-state index in [0.29, 0.717) is 0 Å². The molecular weight excluding hydrogens is 294 g/mol. The molecule has 22 heavy (non-hydrogen) atoms. The van der Waals surface area contributed by atoms with E-state index in [4.69, 9.17) is 0 Å². The number of thiazole rings is 1. The molecule has 1 saturated heterocycles. The molecule has 1 aromatic heterocycles. The third kappa shape index (κ3) is 5.57. The number of aryl methyl sites for hydroxylation is 1. The first-order valence-corrected chi connectivity index (χ1v) is 9.17. The van der Waals surface area contributed by atoms with Gasteiger partial charge in [0.05, 0.1) is 10.7 Å². The Morgan fingerprint density at radius 2 is 2.36 bits per heavy atom. The molecule has 2 N–H and O–H groups in total. The topological polar surface area (TPSA) is 52.5 Å². The molecule has 2 heterocycles. The highest BCUT2D eigenvalue weighted by atomic mass is 32.1. The van der Waals surface area contributed by atoms with Crippen molar-refractivity contribution in [1.82, 2.24) is 20.5 Å². The summed E-state index contributed by atoms with van der Waals surface area (Å²) in [6.07, 6.45) is 3.49. The minimum Gasteiger partial charge on any atom is -0.356 e. The number of nitrogens with zero attached hydrogens (tertiary/aromatic N) is 3. The van der Waals surface area contributed by atoms with Crippen LogP contribution < -0.4 is 10.6 Å². The first-order chi connectivity index (χ1) is 10.7. The lowest BCUT2D eigenvalue weighted by atomic mass is 10.1. The Balaban J connectivity index is 1.63. The van der Waals surface area contributed by atoms with Crippen LogP contribution in [0.25, 0.3) is 0 Å². The van der Waals surface area contributed by atoms with E-state index in [0.717, 1.165) is 42.1 Å². The van der Waals surface area contributed by atoms with Gasteiger partial charge < -0.3 is 15.5 Å². The van der Waals surface area contributed by atoms with Crippen LogP contribution in [0.3, 0.4) is 0 Å². The Hall–Kier alpha value is -1.14. The Kier molecular flexibility index (Phi) is 7.12. The van der Waals surface area contributed by atoms with Gasteiger partial charge in [-0.1, -0.05) is 6.92 Å². The lowest BCUT2D eigenvalue weighted by molar-refractivity contribution is 0.324. The summed E-state index contributed by atoms with van der Waals surface area (Å²) in [4.78, 5) is 11.3. The van der Waals surface area contributed by atoms with E-state index < -0.39 is 0 Å². The fraction of sp³-hybridized carbons (Fsp3) is 0.750.